The van der Waals surface area contributed by atoms with Gasteiger partial charge >= 0.3 is 12.0 Å². The van der Waals surface area contributed by atoms with Crippen LogP contribution in [0.2, 0.25) is 0 Å². The van der Waals surface area contributed by atoms with Gasteiger partial charge in [-0.3, -0.25) is 5.32 Å². The van der Waals surface area contributed by atoms with Crippen molar-refractivity contribution < 1.29 is 18.8 Å². The number of carbonyl (C=O) groups excluding carboxylic acids is 2. The summed E-state index contributed by atoms with van der Waals surface area (Å²) in [6.07, 6.45) is 0. The molecule has 1 heterocycles. The number of rotatable bonds is 3. The van der Waals surface area contributed by atoms with E-state index in [1.807, 2.05) is 20.8 Å². The molecule has 0 radical (unpaired) electrons. The van der Waals surface area contributed by atoms with Gasteiger partial charge in [0.1, 0.15) is 5.76 Å². The Hall–Kier alpha value is -2.83. The first-order valence-corrected chi connectivity index (χ1v) is 7.03. The van der Waals surface area contributed by atoms with Crippen molar-refractivity contribution in [2.75, 3.05) is 17.7 Å². The highest BCUT2D eigenvalue weighted by Gasteiger charge is 2.20. The van der Waals surface area contributed by atoms with Gasteiger partial charge < -0.3 is 14.6 Å². The maximum Gasteiger partial charge on any atom is 0.337 e. The van der Waals surface area contributed by atoms with E-state index in [-0.39, 0.29) is 5.41 Å². The molecule has 0 fully saturated rings. The van der Waals surface area contributed by atoms with E-state index in [1.165, 1.54) is 13.2 Å². The Bertz CT molecular complexity index is 716. The molecule has 2 rings (SSSR count). The van der Waals surface area contributed by atoms with Gasteiger partial charge in [0.2, 0.25) is 0 Å². The number of hydrogen-bond acceptors (Lipinski definition) is 5. The quantitative estimate of drug-likeness (QED) is 0.846. The second-order valence-electron chi connectivity index (χ2n) is 5.98. The molecular weight excluding hydrogens is 298 g/mol. The van der Waals surface area contributed by atoms with E-state index in [0.29, 0.717) is 22.8 Å². The maximum atomic E-state index is 12.0. The van der Waals surface area contributed by atoms with Crippen LogP contribution in [0.15, 0.2) is 34.9 Å². The zero-order valence-electron chi connectivity index (χ0n) is 13.5. The largest absolute Gasteiger partial charge is 0.465 e. The van der Waals surface area contributed by atoms with Gasteiger partial charge in [-0.15, -0.1) is 0 Å². The summed E-state index contributed by atoms with van der Waals surface area (Å²) in [5, 5.41) is 8.99. The number of amides is 2. The van der Waals surface area contributed by atoms with Crippen LogP contribution in [0.4, 0.5) is 16.3 Å². The standard InChI is InChI=1S/C16H19N3O4/c1-16(2,3)12-9-13(19-23-12)18-15(21)17-11-7-5-6-10(8-11)14(20)22-4/h5-9H,1-4H3,(H2,17,18,19,21). The monoisotopic (exact) mass is 317 g/mol. The maximum absolute atomic E-state index is 12.0. The molecule has 0 spiro atoms. The molecule has 0 saturated heterocycles. The second-order valence-corrected chi connectivity index (χ2v) is 5.98. The van der Waals surface area contributed by atoms with Crippen molar-refractivity contribution in [3.63, 3.8) is 0 Å². The normalized spacial score (nSPS) is 11.0. The number of methoxy groups -OCH3 is 1. The first-order chi connectivity index (χ1) is 10.8. The zero-order valence-corrected chi connectivity index (χ0v) is 13.5. The molecule has 0 aliphatic heterocycles. The summed E-state index contributed by atoms with van der Waals surface area (Å²) in [6, 6.07) is 7.62. The summed E-state index contributed by atoms with van der Waals surface area (Å²) in [4.78, 5) is 23.4. The molecule has 2 amide bonds. The zero-order chi connectivity index (χ0) is 17.0. The van der Waals surface area contributed by atoms with Crippen LogP contribution in [0.1, 0.15) is 36.9 Å². The minimum Gasteiger partial charge on any atom is -0.465 e. The highest BCUT2D eigenvalue weighted by atomic mass is 16.5. The molecule has 7 nitrogen and oxygen atoms in total. The van der Waals surface area contributed by atoms with Crippen LogP contribution in [-0.2, 0) is 10.2 Å². The summed E-state index contributed by atoms with van der Waals surface area (Å²) in [7, 11) is 1.30. The summed E-state index contributed by atoms with van der Waals surface area (Å²) in [5.41, 5.74) is 0.616. The van der Waals surface area contributed by atoms with Gasteiger partial charge in [0.15, 0.2) is 5.82 Å². The van der Waals surface area contributed by atoms with Crippen molar-refractivity contribution in [2.45, 2.75) is 26.2 Å². The molecule has 0 atom stereocenters. The molecule has 2 aromatic rings. The van der Waals surface area contributed by atoms with Crippen LogP contribution in [0.25, 0.3) is 0 Å². The van der Waals surface area contributed by atoms with Crippen LogP contribution >= 0.6 is 0 Å². The molecular formula is C16H19N3O4. The third kappa shape index (κ3) is 4.32. The van der Waals surface area contributed by atoms with Crippen molar-refractivity contribution in [1.82, 2.24) is 5.16 Å². The number of aromatic nitrogens is 1. The second kappa shape index (κ2) is 6.51. The van der Waals surface area contributed by atoms with E-state index in [9.17, 15) is 9.59 Å². The molecule has 0 bridgehead atoms. The number of esters is 1. The van der Waals surface area contributed by atoms with E-state index in [1.54, 1.807) is 24.3 Å². The van der Waals surface area contributed by atoms with Crippen molar-refractivity contribution in [2.24, 2.45) is 0 Å². The lowest BCUT2D eigenvalue weighted by atomic mass is 9.93. The average molecular weight is 317 g/mol. The molecule has 2 N–H and O–H groups in total. The Balaban J connectivity index is 2.02. The van der Waals surface area contributed by atoms with E-state index < -0.39 is 12.0 Å². The average Bonchev–Trinajstić information content (AvgIpc) is 2.95. The Morgan fingerprint density at radius 3 is 2.52 bits per heavy atom. The fourth-order valence-electron chi connectivity index (χ4n) is 1.81. The molecule has 0 saturated carbocycles. The smallest absolute Gasteiger partial charge is 0.337 e. The lowest BCUT2D eigenvalue weighted by Crippen LogP contribution is -2.20. The van der Waals surface area contributed by atoms with E-state index >= 15 is 0 Å². The summed E-state index contributed by atoms with van der Waals surface area (Å²) in [5.74, 6) is 0.511. The van der Waals surface area contributed by atoms with E-state index in [0.717, 1.165) is 0 Å². The van der Waals surface area contributed by atoms with Crippen LogP contribution in [0.5, 0.6) is 0 Å². The van der Waals surface area contributed by atoms with Gasteiger partial charge in [-0.05, 0) is 18.2 Å². The number of ether oxygens (including phenoxy) is 1. The minimum atomic E-state index is -0.485. The van der Waals surface area contributed by atoms with Gasteiger partial charge in [-0.2, -0.15) is 0 Å². The van der Waals surface area contributed by atoms with Crippen LogP contribution in [-0.4, -0.2) is 24.3 Å². The highest BCUT2D eigenvalue weighted by molar-refractivity contribution is 6.00. The first kappa shape index (κ1) is 16.5. The number of anilines is 2. The van der Waals surface area contributed by atoms with Crippen molar-refractivity contribution in [3.8, 4) is 0 Å². The van der Waals surface area contributed by atoms with Crippen molar-refractivity contribution >= 4 is 23.5 Å². The SMILES string of the molecule is COC(=O)c1cccc(NC(=O)Nc2cc(C(C)(C)C)on2)c1. The van der Waals surface area contributed by atoms with Gasteiger partial charge in [0.05, 0.1) is 12.7 Å². The van der Waals surface area contributed by atoms with Crippen molar-refractivity contribution in [3.05, 3.63) is 41.7 Å². The summed E-state index contributed by atoms with van der Waals surface area (Å²) < 4.78 is 9.83. The highest BCUT2D eigenvalue weighted by Crippen LogP contribution is 2.24. The molecule has 7 heteroatoms. The first-order valence-electron chi connectivity index (χ1n) is 7.03. The Kier molecular flexibility index (Phi) is 4.68. The van der Waals surface area contributed by atoms with Crippen LogP contribution in [0.3, 0.4) is 0 Å². The Morgan fingerprint density at radius 1 is 1.17 bits per heavy atom. The topological polar surface area (TPSA) is 93.5 Å². The molecule has 122 valence electrons. The number of hydrogen-bond donors (Lipinski definition) is 2. The van der Waals surface area contributed by atoms with Crippen molar-refractivity contribution in [1.29, 1.82) is 0 Å². The predicted octanol–water partition coefficient (Wildman–Crippen LogP) is 3.40. The lowest BCUT2D eigenvalue weighted by molar-refractivity contribution is 0.0600. The number of benzene rings is 1. The van der Waals surface area contributed by atoms with Gasteiger partial charge in [0, 0.05) is 17.2 Å². The Labute approximate surface area is 134 Å². The molecule has 0 unspecified atom stereocenters. The Morgan fingerprint density at radius 2 is 1.91 bits per heavy atom. The number of urea groups is 1. The third-order valence-electron chi connectivity index (χ3n) is 3.03. The summed E-state index contributed by atoms with van der Waals surface area (Å²) >= 11 is 0. The van der Waals surface area contributed by atoms with Gasteiger partial charge in [0.25, 0.3) is 0 Å². The molecule has 1 aromatic carbocycles. The minimum absolute atomic E-state index is 0.196. The molecule has 23 heavy (non-hydrogen) atoms. The molecule has 0 aliphatic rings. The number of carbonyl (C=O) groups is 2. The lowest BCUT2D eigenvalue weighted by Gasteiger charge is -2.12. The van der Waals surface area contributed by atoms with E-state index in [4.69, 9.17) is 4.52 Å². The summed E-state index contributed by atoms with van der Waals surface area (Å²) in [6.45, 7) is 5.95. The van der Waals surface area contributed by atoms with Crippen LogP contribution < -0.4 is 10.6 Å². The van der Waals surface area contributed by atoms with Crippen LogP contribution in [0, 0.1) is 0 Å². The molecule has 1 aromatic heterocycles. The third-order valence-corrected chi connectivity index (χ3v) is 3.03. The number of nitrogens with one attached hydrogen (secondary N) is 2. The molecule has 0 aliphatic carbocycles. The van der Waals surface area contributed by atoms with E-state index in [2.05, 4.69) is 20.5 Å². The fourth-order valence-corrected chi connectivity index (χ4v) is 1.81. The van der Waals surface area contributed by atoms with Gasteiger partial charge in [-0.25, -0.2) is 9.59 Å². The van der Waals surface area contributed by atoms with Gasteiger partial charge in [-0.1, -0.05) is 32.0 Å². The number of nitrogens with zero attached hydrogens (tertiary/aromatic N) is 1. The fraction of sp³-hybridized carbons (Fsp3) is 0.312. The predicted molar refractivity (Wildman–Crippen MR) is 85.6 cm³/mol.